The van der Waals surface area contributed by atoms with Crippen molar-refractivity contribution in [2.75, 3.05) is 20.1 Å². The zero-order valence-corrected chi connectivity index (χ0v) is 11.2. The molecule has 0 bridgehead atoms. The minimum absolute atomic E-state index is 0.400. The van der Waals surface area contributed by atoms with Crippen molar-refractivity contribution >= 4 is 0 Å². The topological polar surface area (TPSA) is 33.1 Å². The highest BCUT2D eigenvalue weighted by molar-refractivity contribution is 5.09. The molecule has 2 atom stereocenters. The van der Waals surface area contributed by atoms with Gasteiger partial charge in [-0.05, 0) is 46.3 Å². The smallest absolute Gasteiger partial charge is 0.0537 e. The van der Waals surface area contributed by atoms with Crippen molar-refractivity contribution in [3.05, 3.63) is 18.0 Å². The largest absolute Gasteiger partial charge is 0.307 e. The van der Waals surface area contributed by atoms with Gasteiger partial charge in [-0.15, -0.1) is 0 Å². The summed E-state index contributed by atoms with van der Waals surface area (Å²) < 4.78 is 1.87. The highest BCUT2D eigenvalue weighted by Gasteiger charge is 2.17. The lowest BCUT2D eigenvalue weighted by atomic mass is 10.1. The van der Waals surface area contributed by atoms with Crippen LogP contribution in [0.2, 0.25) is 0 Å². The summed E-state index contributed by atoms with van der Waals surface area (Å²) in [6, 6.07) is 1.05. The fourth-order valence-corrected chi connectivity index (χ4v) is 2.52. The summed E-state index contributed by atoms with van der Waals surface area (Å²) in [5.74, 6) is 0. The summed E-state index contributed by atoms with van der Waals surface area (Å²) >= 11 is 0. The first-order valence-corrected chi connectivity index (χ1v) is 6.58. The minimum atomic E-state index is 0.400. The average Bonchev–Trinajstić information content (AvgIpc) is 2.62. The van der Waals surface area contributed by atoms with Gasteiger partial charge in [-0.3, -0.25) is 4.68 Å². The van der Waals surface area contributed by atoms with Gasteiger partial charge in [0, 0.05) is 30.9 Å². The highest BCUT2D eigenvalue weighted by Crippen LogP contribution is 2.16. The fourth-order valence-electron chi connectivity index (χ4n) is 2.52. The van der Waals surface area contributed by atoms with Crippen LogP contribution >= 0.6 is 0 Å². The van der Waals surface area contributed by atoms with E-state index in [0.717, 1.165) is 0 Å². The van der Waals surface area contributed by atoms with Gasteiger partial charge in [0.05, 0.1) is 6.20 Å². The maximum absolute atomic E-state index is 4.23. The molecule has 0 aliphatic carbocycles. The Balaban J connectivity index is 1.87. The number of nitrogens with one attached hydrogen (secondary N) is 1. The lowest BCUT2D eigenvalue weighted by Crippen LogP contribution is -2.32. The second-order valence-corrected chi connectivity index (χ2v) is 5.27. The van der Waals surface area contributed by atoms with Crippen molar-refractivity contribution in [2.24, 2.45) is 7.05 Å². The van der Waals surface area contributed by atoms with E-state index in [1.54, 1.807) is 0 Å². The number of hydrogen-bond donors (Lipinski definition) is 1. The van der Waals surface area contributed by atoms with Gasteiger partial charge in [0.2, 0.25) is 0 Å². The second kappa shape index (κ2) is 5.65. The highest BCUT2D eigenvalue weighted by atomic mass is 15.2. The van der Waals surface area contributed by atoms with Crippen molar-refractivity contribution < 1.29 is 0 Å². The molecule has 2 heterocycles. The first-order valence-electron chi connectivity index (χ1n) is 6.58. The van der Waals surface area contributed by atoms with E-state index in [4.69, 9.17) is 0 Å². The molecule has 1 saturated heterocycles. The van der Waals surface area contributed by atoms with E-state index in [1.807, 2.05) is 17.9 Å². The van der Waals surface area contributed by atoms with Gasteiger partial charge in [-0.1, -0.05) is 0 Å². The summed E-state index contributed by atoms with van der Waals surface area (Å²) in [5.41, 5.74) is 1.28. The van der Waals surface area contributed by atoms with E-state index < -0.39 is 0 Å². The standard InChI is InChI=1S/C13H24N4/c1-11(12-9-14-17(3)10-12)15-13-5-4-7-16(2)8-6-13/h9-11,13,15H,4-8H2,1-3H3. The maximum atomic E-state index is 4.23. The Kier molecular flexibility index (Phi) is 4.18. The Bertz CT molecular complexity index is 347. The predicted molar refractivity (Wildman–Crippen MR) is 69.9 cm³/mol. The van der Waals surface area contributed by atoms with E-state index in [9.17, 15) is 0 Å². The Morgan fingerprint density at radius 1 is 1.35 bits per heavy atom. The number of aryl methyl sites for hydroxylation is 1. The van der Waals surface area contributed by atoms with Crippen LogP contribution in [0.1, 0.15) is 37.8 Å². The number of aromatic nitrogens is 2. The Morgan fingerprint density at radius 3 is 2.88 bits per heavy atom. The molecule has 1 aromatic heterocycles. The van der Waals surface area contributed by atoms with Crippen LogP contribution in [0.5, 0.6) is 0 Å². The van der Waals surface area contributed by atoms with Gasteiger partial charge < -0.3 is 10.2 Å². The van der Waals surface area contributed by atoms with Crippen LogP contribution in [0.25, 0.3) is 0 Å². The molecule has 1 fully saturated rings. The molecule has 4 heteroatoms. The van der Waals surface area contributed by atoms with Crippen molar-refractivity contribution in [2.45, 2.75) is 38.3 Å². The average molecular weight is 236 g/mol. The number of likely N-dealkylation sites (tertiary alicyclic amines) is 1. The van der Waals surface area contributed by atoms with Gasteiger partial charge in [-0.2, -0.15) is 5.10 Å². The van der Waals surface area contributed by atoms with Crippen LogP contribution in [0.15, 0.2) is 12.4 Å². The maximum Gasteiger partial charge on any atom is 0.0537 e. The molecule has 1 aliphatic rings. The first-order chi connectivity index (χ1) is 8.15. The van der Waals surface area contributed by atoms with Crippen LogP contribution in [0, 0.1) is 0 Å². The lowest BCUT2D eigenvalue weighted by Gasteiger charge is -2.21. The molecule has 96 valence electrons. The molecule has 0 radical (unpaired) electrons. The summed E-state index contributed by atoms with van der Waals surface area (Å²) in [6.07, 6.45) is 7.89. The van der Waals surface area contributed by atoms with Crippen LogP contribution in [-0.4, -0.2) is 40.9 Å². The molecular formula is C13H24N4. The zero-order valence-electron chi connectivity index (χ0n) is 11.2. The minimum Gasteiger partial charge on any atom is -0.307 e. The molecule has 2 rings (SSSR count). The third-order valence-corrected chi connectivity index (χ3v) is 3.66. The molecule has 1 N–H and O–H groups in total. The first kappa shape index (κ1) is 12.6. The van der Waals surface area contributed by atoms with Crippen molar-refractivity contribution in [3.63, 3.8) is 0 Å². The van der Waals surface area contributed by atoms with Crippen molar-refractivity contribution in [3.8, 4) is 0 Å². The summed E-state index contributed by atoms with van der Waals surface area (Å²) in [4.78, 5) is 2.43. The van der Waals surface area contributed by atoms with Crippen molar-refractivity contribution in [1.82, 2.24) is 20.0 Å². The SMILES string of the molecule is CC(NC1CCCN(C)CC1)c1cnn(C)c1. The second-order valence-electron chi connectivity index (χ2n) is 5.27. The third-order valence-electron chi connectivity index (χ3n) is 3.66. The molecule has 17 heavy (non-hydrogen) atoms. The molecule has 4 nitrogen and oxygen atoms in total. The number of rotatable bonds is 3. The van der Waals surface area contributed by atoms with Crippen LogP contribution in [0.3, 0.4) is 0 Å². The Morgan fingerprint density at radius 2 is 2.18 bits per heavy atom. The van der Waals surface area contributed by atoms with E-state index >= 15 is 0 Å². The van der Waals surface area contributed by atoms with E-state index in [1.165, 1.54) is 37.9 Å². The van der Waals surface area contributed by atoms with E-state index in [0.29, 0.717) is 12.1 Å². The normalized spacial score (nSPS) is 24.5. The van der Waals surface area contributed by atoms with Gasteiger partial charge >= 0.3 is 0 Å². The van der Waals surface area contributed by atoms with E-state index in [-0.39, 0.29) is 0 Å². The van der Waals surface area contributed by atoms with Crippen LogP contribution in [-0.2, 0) is 7.05 Å². The van der Waals surface area contributed by atoms with Gasteiger partial charge in [-0.25, -0.2) is 0 Å². The molecule has 0 saturated carbocycles. The zero-order chi connectivity index (χ0) is 12.3. The molecule has 0 amide bonds. The van der Waals surface area contributed by atoms with Gasteiger partial charge in [0.25, 0.3) is 0 Å². The molecule has 1 aliphatic heterocycles. The molecule has 2 unspecified atom stereocenters. The van der Waals surface area contributed by atoms with Gasteiger partial charge in [0.15, 0.2) is 0 Å². The summed E-state index contributed by atoms with van der Waals surface area (Å²) in [5, 5.41) is 7.96. The molecule has 0 aromatic carbocycles. The molecule has 1 aromatic rings. The monoisotopic (exact) mass is 236 g/mol. The van der Waals surface area contributed by atoms with Crippen LogP contribution < -0.4 is 5.32 Å². The number of nitrogens with zero attached hydrogens (tertiary/aromatic N) is 3. The molecular weight excluding hydrogens is 212 g/mol. The van der Waals surface area contributed by atoms with E-state index in [2.05, 4.69) is 35.5 Å². The lowest BCUT2D eigenvalue weighted by molar-refractivity contribution is 0.340. The van der Waals surface area contributed by atoms with Crippen molar-refractivity contribution in [1.29, 1.82) is 0 Å². The summed E-state index contributed by atoms with van der Waals surface area (Å²) in [6.45, 7) is 4.67. The Hall–Kier alpha value is -0.870. The fraction of sp³-hybridized carbons (Fsp3) is 0.769. The Labute approximate surface area is 104 Å². The predicted octanol–water partition coefficient (Wildman–Crippen LogP) is 1.55. The third kappa shape index (κ3) is 3.54. The summed E-state index contributed by atoms with van der Waals surface area (Å²) in [7, 11) is 4.18. The molecule has 0 spiro atoms. The van der Waals surface area contributed by atoms with Crippen LogP contribution in [0.4, 0.5) is 0 Å². The number of hydrogen-bond acceptors (Lipinski definition) is 3. The van der Waals surface area contributed by atoms with Gasteiger partial charge in [0.1, 0.15) is 0 Å². The quantitative estimate of drug-likeness (QED) is 0.864.